The van der Waals surface area contributed by atoms with Crippen molar-refractivity contribution in [3.05, 3.63) is 23.8 Å². The van der Waals surface area contributed by atoms with Crippen molar-refractivity contribution in [1.29, 1.82) is 0 Å². The molecule has 0 bridgehead atoms. The number of sulfone groups is 1. The minimum Gasteiger partial charge on any atom is -0.496 e. The number of carbonyl (C=O) groups is 2. The number of likely N-dealkylation sites (tertiary alicyclic amines) is 1. The van der Waals surface area contributed by atoms with Crippen molar-refractivity contribution in [3.63, 3.8) is 0 Å². The molecular weight excluding hydrogens is 322 g/mol. The number of aliphatic carboxylic acids is 1. The van der Waals surface area contributed by atoms with Crippen LogP contribution in [-0.2, 0) is 14.6 Å². The highest BCUT2D eigenvalue weighted by molar-refractivity contribution is 7.90. The predicted molar refractivity (Wildman–Crippen MR) is 82.4 cm³/mol. The highest BCUT2D eigenvalue weighted by Crippen LogP contribution is 2.27. The zero-order valence-electron chi connectivity index (χ0n) is 13.0. The summed E-state index contributed by atoms with van der Waals surface area (Å²) in [6.07, 6.45) is 2.88. The number of hydrogen-bond acceptors (Lipinski definition) is 5. The summed E-state index contributed by atoms with van der Waals surface area (Å²) < 4.78 is 28.5. The molecule has 126 valence electrons. The molecule has 1 amide bonds. The van der Waals surface area contributed by atoms with E-state index in [9.17, 15) is 23.1 Å². The van der Waals surface area contributed by atoms with Gasteiger partial charge in [-0.3, -0.25) is 4.79 Å². The van der Waals surface area contributed by atoms with Crippen LogP contribution in [0.4, 0.5) is 0 Å². The molecule has 0 saturated carbocycles. The predicted octanol–water partition coefficient (Wildman–Crippen LogP) is 1.18. The first-order chi connectivity index (χ1) is 10.8. The van der Waals surface area contributed by atoms with Crippen LogP contribution in [0.25, 0.3) is 0 Å². The SMILES string of the molecule is COc1ccc(S(C)(=O)=O)cc1C(=O)N1CCCC[C@@H]1C(=O)O. The van der Waals surface area contributed by atoms with Crippen molar-refractivity contribution < 1.29 is 27.9 Å². The number of methoxy groups -OCH3 is 1. The smallest absolute Gasteiger partial charge is 0.326 e. The summed E-state index contributed by atoms with van der Waals surface area (Å²) in [4.78, 5) is 25.4. The third-order valence-electron chi connectivity index (χ3n) is 3.88. The second-order valence-electron chi connectivity index (χ2n) is 5.48. The third-order valence-corrected chi connectivity index (χ3v) is 4.99. The van der Waals surface area contributed by atoms with Gasteiger partial charge >= 0.3 is 5.97 Å². The molecule has 0 spiro atoms. The summed E-state index contributed by atoms with van der Waals surface area (Å²) >= 11 is 0. The molecule has 2 rings (SSSR count). The summed E-state index contributed by atoms with van der Waals surface area (Å²) in [6, 6.07) is 3.10. The van der Waals surface area contributed by atoms with E-state index in [0.717, 1.165) is 12.7 Å². The van der Waals surface area contributed by atoms with Crippen LogP contribution >= 0.6 is 0 Å². The van der Waals surface area contributed by atoms with Gasteiger partial charge in [-0.2, -0.15) is 0 Å². The lowest BCUT2D eigenvalue weighted by molar-refractivity contribution is -0.143. The van der Waals surface area contributed by atoms with E-state index in [4.69, 9.17) is 4.74 Å². The first-order valence-electron chi connectivity index (χ1n) is 7.17. The van der Waals surface area contributed by atoms with Gasteiger partial charge in [0.2, 0.25) is 0 Å². The van der Waals surface area contributed by atoms with Gasteiger partial charge in [-0.15, -0.1) is 0 Å². The van der Waals surface area contributed by atoms with Gasteiger partial charge in [0, 0.05) is 12.8 Å². The number of rotatable bonds is 4. The molecule has 1 aromatic rings. The fourth-order valence-electron chi connectivity index (χ4n) is 2.67. The van der Waals surface area contributed by atoms with E-state index in [1.165, 1.54) is 30.2 Å². The Morgan fingerprint density at radius 2 is 2.00 bits per heavy atom. The molecule has 0 unspecified atom stereocenters. The van der Waals surface area contributed by atoms with Crippen molar-refractivity contribution in [2.45, 2.75) is 30.2 Å². The number of carbonyl (C=O) groups excluding carboxylic acids is 1. The van der Waals surface area contributed by atoms with E-state index in [1.54, 1.807) is 0 Å². The summed E-state index contributed by atoms with van der Waals surface area (Å²) in [5.41, 5.74) is 0.0589. The van der Waals surface area contributed by atoms with E-state index in [2.05, 4.69) is 0 Å². The molecule has 1 atom stereocenters. The molecule has 1 aliphatic rings. The van der Waals surface area contributed by atoms with Crippen LogP contribution in [0.5, 0.6) is 5.75 Å². The lowest BCUT2D eigenvalue weighted by Crippen LogP contribution is -2.48. The molecule has 1 saturated heterocycles. The van der Waals surface area contributed by atoms with Gasteiger partial charge in [-0.1, -0.05) is 0 Å². The van der Waals surface area contributed by atoms with Gasteiger partial charge in [-0.05, 0) is 37.5 Å². The van der Waals surface area contributed by atoms with E-state index in [-0.39, 0.29) is 16.2 Å². The van der Waals surface area contributed by atoms with Crippen molar-refractivity contribution in [2.75, 3.05) is 19.9 Å². The zero-order chi connectivity index (χ0) is 17.2. The second kappa shape index (κ2) is 6.57. The Morgan fingerprint density at radius 3 is 2.57 bits per heavy atom. The minimum atomic E-state index is -3.49. The maximum Gasteiger partial charge on any atom is 0.326 e. The van der Waals surface area contributed by atoms with E-state index < -0.39 is 27.8 Å². The molecular formula is C15H19NO6S. The number of nitrogens with zero attached hydrogens (tertiary/aromatic N) is 1. The van der Waals surface area contributed by atoms with Crippen LogP contribution in [0.2, 0.25) is 0 Å². The maximum absolute atomic E-state index is 12.8. The molecule has 0 aromatic heterocycles. The molecule has 8 heteroatoms. The van der Waals surface area contributed by atoms with E-state index in [1.807, 2.05) is 0 Å². The van der Waals surface area contributed by atoms with Crippen LogP contribution in [0, 0.1) is 0 Å². The summed E-state index contributed by atoms with van der Waals surface area (Å²) in [7, 11) is -2.11. The molecule has 0 radical (unpaired) electrons. The monoisotopic (exact) mass is 341 g/mol. The average molecular weight is 341 g/mol. The fraction of sp³-hybridized carbons (Fsp3) is 0.467. The van der Waals surface area contributed by atoms with Crippen LogP contribution in [-0.4, -0.2) is 56.3 Å². The number of carboxylic acids is 1. The Hall–Kier alpha value is -2.09. The standard InChI is InChI=1S/C15H19NO6S/c1-22-13-7-6-10(23(2,20)21)9-11(13)14(17)16-8-4-3-5-12(16)15(18)19/h6-7,9,12H,3-5,8H2,1-2H3,(H,18,19)/t12-/m1/s1. The highest BCUT2D eigenvalue weighted by Gasteiger charge is 2.33. The third kappa shape index (κ3) is 3.64. The lowest BCUT2D eigenvalue weighted by atomic mass is 10.0. The van der Waals surface area contributed by atoms with E-state index >= 15 is 0 Å². The zero-order valence-corrected chi connectivity index (χ0v) is 13.8. The number of ether oxygens (including phenoxy) is 1. The van der Waals surface area contributed by atoms with Crippen LogP contribution in [0.3, 0.4) is 0 Å². The van der Waals surface area contributed by atoms with Crippen LogP contribution in [0.1, 0.15) is 29.6 Å². The number of benzene rings is 1. The fourth-order valence-corrected chi connectivity index (χ4v) is 3.32. The first kappa shape index (κ1) is 17.3. The lowest BCUT2D eigenvalue weighted by Gasteiger charge is -2.33. The number of piperidine rings is 1. The van der Waals surface area contributed by atoms with Gasteiger partial charge in [0.05, 0.1) is 17.6 Å². The van der Waals surface area contributed by atoms with Crippen LogP contribution in [0.15, 0.2) is 23.1 Å². The maximum atomic E-state index is 12.8. The average Bonchev–Trinajstić information content (AvgIpc) is 2.52. The molecule has 1 aliphatic heterocycles. The van der Waals surface area contributed by atoms with Gasteiger partial charge in [0.15, 0.2) is 9.84 Å². The molecule has 1 heterocycles. The molecule has 1 N–H and O–H groups in total. The Morgan fingerprint density at radius 1 is 1.30 bits per heavy atom. The summed E-state index contributed by atoms with van der Waals surface area (Å²) in [5, 5.41) is 9.29. The summed E-state index contributed by atoms with van der Waals surface area (Å²) in [5.74, 6) is -1.37. The number of carboxylic acid groups (broad SMARTS) is 1. The molecule has 1 aromatic carbocycles. The summed E-state index contributed by atoms with van der Waals surface area (Å²) in [6.45, 7) is 0.321. The van der Waals surface area contributed by atoms with Crippen LogP contribution < -0.4 is 4.74 Å². The Labute approximate surface area is 134 Å². The van der Waals surface area contributed by atoms with Crippen molar-refractivity contribution in [2.24, 2.45) is 0 Å². The topological polar surface area (TPSA) is 101 Å². The minimum absolute atomic E-state index is 0.00876. The Kier molecular flexibility index (Phi) is 4.93. The second-order valence-corrected chi connectivity index (χ2v) is 7.50. The van der Waals surface area contributed by atoms with E-state index in [0.29, 0.717) is 19.4 Å². The molecule has 1 fully saturated rings. The van der Waals surface area contributed by atoms with Crippen molar-refractivity contribution in [1.82, 2.24) is 4.90 Å². The van der Waals surface area contributed by atoms with Crippen molar-refractivity contribution >= 4 is 21.7 Å². The highest BCUT2D eigenvalue weighted by atomic mass is 32.2. The first-order valence-corrected chi connectivity index (χ1v) is 9.06. The Bertz CT molecular complexity index is 727. The molecule has 23 heavy (non-hydrogen) atoms. The normalized spacial score (nSPS) is 18.5. The largest absolute Gasteiger partial charge is 0.496 e. The van der Waals surface area contributed by atoms with Gasteiger partial charge in [-0.25, -0.2) is 13.2 Å². The van der Waals surface area contributed by atoms with Gasteiger partial charge in [0.25, 0.3) is 5.91 Å². The quantitative estimate of drug-likeness (QED) is 0.882. The molecule has 0 aliphatic carbocycles. The Balaban J connectivity index is 2.46. The van der Waals surface area contributed by atoms with Crippen molar-refractivity contribution in [3.8, 4) is 5.75 Å². The number of amides is 1. The number of hydrogen-bond donors (Lipinski definition) is 1. The molecule has 7 nitrogen and oxygen atoms in total. The van der Waals surface area contributed by atoms with Gasteiger partial charge < -0.3 is 14.7 Å². The van der Waals surface area contributed by atoms with Gasteiger partial charge in [0.1, 0.15) is 11.8 Å².